The Labute approximate surface area is 164 Å². The van der Waals surface area contributed by atoms with Crippen molar-refractivity contribution >= 4 is 22.9 Å². The third-order valence-corrected chi connectivity index (χ3v) is 6.87. The van der Waals surface area contributed by atoms with Crippen molar-refractivity contribution in [3.8, 4) is 0 Å². The van der Waals surface area contributed by atoms with Crippen LogP contribution in [0.1, 0.15) is 65.1 Å². The Balaban J connectivity index is 1.35. The number of hydrogen-bond donors (Lipinski definition) is 3. The SMILES string of the molecule is CCn1cc(NC(=O)c2cc(C3CC3NC3CCC(N)CC3)c(C)s2)cn1. The molecule has 2 unspecified atom stereocenters. The van der Waals surface area contributed by atoms with Crippen LogP contribution in [0.5, 0.6) is 0 Å². The topological polar surface area (TPSA) is 85.0 Å². The molecule has 4 N–H and O–H groups in total. The number of nitrogens with one attached hydrogen (secondary N) is 2. The van der Waals surface area contributed by atoms with Gasteiger partial charge in [-0.1, -0.05) is 0 Å². The van der Waals surface area contributed by atoms with Gasteiger partial charge >= 0.3 is 0 Å². The van der Waals surface area contributed by atoms with Crippen molar-refractivity contribution in [1.82, 2.24) is 15.1 Å². The number of aryl methyl sites for hydroxylation is 2. The molecule has 4 rings (SSSR count). The molecular formula is C20H29N5OS. The second kappa shape index (κ2) is 7.73. The van der Waals surface area contributed by atoms with Gasteiger partial charge in [-0.3, -0.25) is 9.48 Å². The number of hydrogen-bond acceptors (Lipinski definition) is 5. The third kappa shape index (κ3) is 4.25. The van der Waals surface area contributed by atoms with Gasteiger partial charge in [0.2, 0.25) is 0 Å². The molecule has 2 aliphatic rings. The molecule has 0 spiro atoms. The van der Waals surface area contributed by atoms with Crippen LogP contribution in [-0.4, -0.2) is 33.8 Å². The van der Waals surface area contributed by atoms with Crippen LogP contribution in [0.15, 0.2) is 18.5 Å². The van der Waals surface area contributed by atoms with E-state index in [0.717, 1.165) is 30.0 Å². The van der Waals surface area contributed by atoms with E-state index in [-0.39, 0.29) is 5.91 Å². The molecule has 2 aromatic rings. The summed E-state index contributed by atoms with van der Waals surface area (Å²) in [6, 6.07) is 3.64. The van der Waals surface area contributed by atoms with E-state index < -0.39 is 0 Å². The Bertz CT molecular complexity index is 805. The first-order valence-electron chi connectivity index (χ1n) is 9.99. The number of anilines is 1. The normalized spacial score (nSPS) is 27.5. The van der Waals surface area contributed by atoms with Crippen LogP contribution in [0.2, 0.25) is 0 Å². The summed E-state index contributed by atoms with van der Waals surface area (Å²) >= 11 is 1.59. The van der Waals surface area contributed by atoms with E-state index in [4.69, 9.17) is 5.73 Å². The molecule has 0 radical (unpaired) electrons. The fourth-order valence-electron chi connectivity index (χ4n) is 4.08. The van der Waals surface area contributed by atoms with Gasteiger partial charge < -0.3 is 16.4 Å². The van der Waals surface area contributed by atoms with Gasteiger partial charge in [0.25, 0.3) is 5.91 Å². The molecular weight excluding hydrogens is 358 g/mol. The minimum absolute atomic E-state index is 0.0450. The maximum atomic E-state index is 12.6. The summed E-state index contributed by atoms with van der Waals surface area (Å²) in [6.07, 6.45) is 9.36. The lowest BCUT2D eigenvalue weighted by molar-refractivity contribution is 0.103. The van der Waals surface area contributed by atoms with Crippen molar-refractivity contribution in [1.29, 1.82) is 0 Å². The van der Waals surface area contributed by atoms with Gasteiger partial charge in [0, 0.05) is 41.7 Å². The molecule has 2 saturated carbocycles. The Kier molecular flexibility index (Phi) is 5.34. The first-order chi connectivity index (χ1) is 13.0. The second-order valence-electron chi connectivity index (χ2n) is 7.89. The highest BCUT2D eigenvalue weighted by Gasteiger charge is 2.41. The quantitative estimate of drug-likeness (QED) is 0.710. The van der Waals surface area contributed by atoms with Gasteiger partial charge in [-0.25, -0.2) is 0 Å². The van der Waals surface area contributed by atoms with Crippen LogP contribution in [0.3, 0.4) is 0 Å². The predicted octanol–water partition coefficient (Wildman–Crippen LogP) is 3.24. The van der Waals surface area contributed by atoms with E-state index in [1.807, 2.05) is 13.1 Å². The number of nitrogens with zero attached hydrogens (tertiary/aromatic N) is 2. The second-order valence-corrected chi connectivity index (χ2v) is 9.14. The molecule has 27 heavy (non-hydrogen) atoms. The van der Waals surface area contributed by atoms with Crippen molar-refractivity contribution in [2.45, 2.75) is 76.5 Å². The number of nitrogens with two attached hydrogens (primary N) is 1. The van der Waals surface area contributed by atoms with Gasteiger partial charge in [-0.05, 0) is 57.6 Å². The molecule has 0 bridgehead atoms. The minimum atomic E-state index is -0.0450. The van der Waals surface area contributed by atoms with Crippen molar-refractivity contribution in [3.05, 3.63) is 33.8 Å². The fraction of sp³-hybridized carbons (Fsp3) is 0.600. The first kappa shape index (κ1) is 18.7. The first-order valence-corrected chi connectivity index (χ1v) is 10.8. The lowest BCUT2D eigenvalue weighted by Crippen LogP contribution is -2.38. The van der Waals surface area contributed by atoms with Gasteiger partial charge in [0.1, 0.15) is 0 Å². The number of carbonyl (C=O) groups is 1. The lowest BCUT2D eigenvalue weighted by atomic mass is 9.92. The van der Waals surface area contributed by atoms with Crippen molar-refractivity contribution in [2.75, 3.05) is 5.32 Å². The van der Waals surface area contributed by atoms with Crippen LogP contribution >= 0.6 is 11.3 Å². The molecule has 2 fully saturated rings. The summed E-state index contributed by atoms with van der Waals surface area (Å²) in [5.74, 6) is 0.498. The third-order valence-electron chi connectivity index (χ3n) is 5.81. The molecule has 7 heteroatoms. The Hall–Kier alpha value is -1.70. The van der Waals surface area contributed by atoms with E-state index in [2.05, 4.69) is 28.7 Å². The molecule has 0 aliphatic heterocycles. The highest BCUT2D eigenvalue weighted by atomic mass is 32.1. The Morgan fingerprint density at radius 2 is 2.15 bits per heavy atom. The van der Waals surface area contributed by atoms with Crippen LogP contribution in [0.25, 0.3) is 0 Å². The highest BCUT2D eigenvalue weighted by molar-refractivity contribution is 7.14. The molecule has 6 nitrogen and oxygen atoms in total. The summed E-state index contributed by atoms with van der Waals surface area (Å²) in [4.78, 5) is 14.6. The van der Waals surface area contributed by atoms with E-state index in [1.165, 1.54) is 29.7 Å². The molecule has 2 aromatic heterocycles. The van der Waals surface area contributed by atoms with E-state index in [9.17, 15) is 4.79 Å². The summed E-state index contributed by atoms with van der Waals surface area (Å²) in [7, 11) is 0. The van der Waals surface area contributed by atoms with Gasteiger partial charge in [0.05, 0.1) is 16.8 Å². The molecule has 2 atom stereocenters. The maximum absolute atomic E-state index is 12.6. The van der Waals surface area contributed by atoms with E-state index in [1.54, 1.807) is 22.2 Å². The maximum Gasteiger partial charge on any atom is 0.265 e. The zero-order valence-corrected chi connectivity index (χ0v) is 16.9. The number of carbonyl (C=O) groups excluding carboxylic acids is 1. The minimum Gasteiger partial charge on any atom is -0.328 e. The van der Waals surface area contributed by atoms with Crippen molar-refractivity contribution < 1.29 is 4.79 Å². The molecule has 2 heterocycles. The number of amides is 1. The van der Waals surface area contributed by atoms with Gasteiger partial charge in [-0.15, -0.1) is 11.3 Å². The van der Waals surface area contributed by atoms with Crippen molar-refractivity contribution in [3.63, 3.8) is 0 Å². The smallest absolute Gasteiger partial charge is 0.265 e. The van der Waals surface area contributed by atoms with E-state index in [0.29, 0.717) is 24.0 Å². The number of rotatable bonds is 6. The Morgan fingerprint density at radius 3 is 2.85 bits per heavy atom. The van der Waals surface area contributed by atoms with Crippen LogP contribution in [0.4, 0.5) is 5.69 Å². The summed E-state index contributed by atoms with van der Waals surface area (Å²) in [5, 5.41) is 11.0. The molecule has 0 saturated heterocycles. The summed E-state index contributed by atoms with van der Waals surface area (Å²) < 4.78 is 1.80. The highest BCUT2D eigenvalue weighted by Crippen LogP contribution is 2.45. The average molecular weight is 388 g/mol. The van der Waals surface area contributed by atoms with Crippen LogP contribution in [-0.2, 0) is 6.54 Å². The number of thiophene rings is 1. The average Bonchev–Trinajstić information content (AvgIpc) is 3.07. The monoisotopic (exact) mass is 387 g/mol. The van der Waals surface area contributed by atoms with Gasteiger partial charge in [0.15, 0.2) is 0 Å². The van der Waals surface area contributed by atoms with Crippen LogP contribution < -0.4 is 16.4 Å². The predicted molar refractivity (Wildman–Crippen MR) is 109 cm³/mol. The standard InChI is InChI=1S/C20H29N5OS/c1-3-25-11-15(10-22-25)24-20(26)19-9-16(12(2)27-19)17-8-18(17)23-14-6-4-13(21)5-7-14/h9-11,13-14,17-18,23H,3-8,21H2,1-2H3,(H,24,26). The van der Waals surface area contributed by atoms with E-state index >= 15 is 0 Å². The summed E-state index contributed by atoms with van der Waals surface area (Å²) in [5.41, 5.74) is 8.09. The zero-order chi connectivity index (χ0) is 19.0. The van der Waals surface area contributed by atoms with Crippen molar-refractivity contribution in [2.24, 2.45) is 5.73 Å². The Morgan fingerprint density at radius 1 is 1.37 bits per heavy atom. The zero-order valence-electron chi connectivity index (χ0n) is 16.1. The van der Waals surface area contributed by atoms with Gasteiger partial charge in [-0.2, -0.15) is 5.10 Å². The molecule has 1 amide bonds. The molecule has 2 aliphatic carbocycles. The fourth-order valence-corrected chi connectivity index (χ4v) is 5.07. The largest absolute Gasteiger partial charge is 0.328 e. The van der Waals surface area contributed by atoms with Crippen LogP contribution in [0, 0.1) is 6.92 Å². The summed E-state index contributed by atoms with van der Waals surface area (Å²) in [6.45, 7) is 4.94. The number of aromatic nitrogens is 2. The lowest BCUT2D eigenvalue weighted by Gasteiger charge is -2.27. The molecule has 146 valence electrons. The molecule has 0 aromatic carbocycles.